The first kappa shape index (κ1) is 12.5. The molecule has 84 valence electrons. The van der Waals surface area contributed by atoms with Gasteiger partial charge < -0.3 is 0 Å². The minimum atomic E-state index is 0.779. The maximum absolute atomic E-state index is 9.00. The molecule has 0 aromatic heterocycles. The summed E-state index contributed by atoms with van der Waals surface area (Å²) in [4.78, 5) is 0. The second-order valence-corrected chi connectivity index (χ2v) is 4.38. The third-order valence-electron chi connectivity index (χ3n) is 2.78. The summed E-state index contributed by atoms with van der Waals surface area (Å²) in [7, 11) is 0. The molecule has 1 heteroatoms. The van der Waals surface area contributed by atoms with E-state index in [1.807, 2.05) is 13.0 Å². The molecule has 0 saturated heterocycles. The minimum absolute atomic E-state index is 0.779. The smallest absolute Gasteiger partial charge is 0.0994 e. The number of nitriles is 1. The highest BCUT2D eigenvalue weighted by atomic mass is 14.2. The maximum atomic E-state index is 9.00. The number of hydrogen-bond donors (Lipinski definition) is 0. The molecule has 1 aromatic carbocycles. The van der Waals surface area contributed by atoms with E-state index in [1.54, 1.807) is 0 Å². The summed E-state index contributed by atoms with van der Waals surface area (Å²) in [6.07, 6.45) is 4.48. The number of aryl methyl sites for hydroxylation is 2. The Balaban J connectivity index is 3.15. The molecule has 1 nitrogen and oxygen atoms in total. The molecule has 0 heterocycles. The van der Waals surface area contributed by atoms with Crippen LogP contribution in [-0.4, -0.2) is 0 Å². The Kier molecular flexibility index (Phi) is 4.31. The van der Waals surface area contributed by atoms with Gasteiger partial charge in [-0.05, 0) is 49.9 Å². The van der Waals surface area contributed by atoms with Gasteiger partial charge >= 0.3 is 0 Å². The van der Waals surface area contributed by atoms with Crippen LogP contribution in [0.15, 0.2) is 17.7 Å². The van der Waals surface area contributed by atoms with E-state index in [0.29, 0.717) is 0 Å². The van der Waals surface area contributed by atoms with Gasteiger partial charge in [0.05, 0.1) is 11.6 Å². The molecule has 0 aliphatic heterocycles. The number of rotatable bonds is 3. The first-order chi connectivity index (χ1) is 7.58. The second-order valence-electron chi connectivity index (χ2n) is 4.38. The van der Waals surface area contributed by atoms with Crippen molar-refractivity contribution in [2.45, 2.75) is 40.5 Å². The van der Waals surface area contributed by atoms with E-state index >= 15 is 0 Å². The third-order valence-corrected chi connectivity index (χ3v) is 2.78. The van der Waals surface area contributed by atoms with Gasteiger partial charge in [-0.25, -0.2) is 0 Å². The highest BCUT2D eigenvalue weighted by Crippen LogP contribution is 2.19. The molecule has 0 saturated carbocycles. The van der Waals surface area contributed by atoms with E-state index in [4.69, 9.17) is 5.26 Å². The first-order valence-electron chi connectivity index (χ1n) is 5.77. The zero-order valence-electron chi connectivity index (χ0n) is 10.6. The highest BCUT2D eigenvalue weighted by Gasteiger charge is 2.02. The average Bonchev–Trinajstić information content (AvgIpc) is 2.22. The number of benzene rings is 1. The maximum Gasteiger partial charge on any atom is 0.0994 e. The molecule has 0 bridgehead atoms. The van der Waals surface area contributed by atoms with Crippen LogP contribution in [0.2, 0.25) is 0 Å². The Labute approximate surface area is 98.4 Å². The van der Waals surface area contributed by atoms with Crippen LogP contribution in [0.25, 0.3) is 6.08 Å². The van der Waals surface area contributed by atoms with Crippen molar-refractivity contribution in [3.8, 4) is 6.07 Å². The highest BCUT2D eigenvalue weighted by molar-refractivity contribution is 5.60. The van der Waals surface area contributed by atoms with Gasteiger partial charge in [0.25, 0.3) is 0 Å². The van der Waals surface area contributed by atoms with Crippen molar-refractivity contribution in [2.75, 3.05) is 0 Å². The van der Waals surface area contributed by atoms with Crippen molar-refractivity contribution >= 4 is 6.08 Å². The molecule has 1 aromatic rings. The van der Waals surface area contributed by atoms with Crippen molar-refractivity contribution in [2.24, 2.45) is 0 Å². The molecule has 0 amide bonds. The summed E-state index contributed by atoms with van der Waals surface area (Å²) in [6, 6.07) is 6.32. The normalized spacial score (nSPS) is 11.3. The van der Waals surface area contributed by atoms with Crippen LogP contribution in [-0.2, 0) is 0 Å². The lowest BCUT2D eigenvalue weighted by Crippen LogP contribution is -1.89. The quantitative estimate of drug-likeness (QED) is 0.731. The van der Waals surface area contributed by atoms with Gasteiger partial charge in [0.1, 0.15) is 0 Å². The van der Waals surface area contributed by atoms with Gasteiger partial charge in [-0.3, -0.25) is 0 Å². The zero-order valence-corrected chi connectivity index (χ0v) is 10.6. The summed E-state index contributed by atoms with van der Waals surface area (Å²) in [5, 5.41) is 9.00. The molecule has 0 radical (unpaired) electrons. The summed E-state index contributed by atoms with van der Waals surface area (Å²) in [6.45, 7) is 8.41. The lowest BCUT2D eigenvalue weighted by Gasteiger charge is -2.06. The number of allylic oxidation sites excluding steroid dienone is 1. The van der Waals surface area contributed by atoms with E-state index in [2.05, 4.69) is 39.0 Å². The van der Waals surface area contributed by atoms with Crippen molar-refractivity contribution < 1.29 is 0 Å². The molecule has 0 spiro atoms. The molecular weight excluding hydrogens is 194 g/mol. The summed E-state index contributed by atoms with van der Waals surface area (Å²) < 4.78 is 0. The lowest BCUT2D eigenvalue weighted by atomic mass is 9.98. The van der Waals surface area contributed by atoms with Crippen LogP contribution in [0.4, 0.5) is 0 Å². The Morgan fingerprint density at radius 3 is 2.56 bits per heavy atom. The number of nitrogens with zero attached hydrogens (tertiary/aromatic N) is 1. The predicted molar refractivity (Wildman–Crippen MR) is 69.2 cm³/mol. The topological polar surface area (TPSA) is 23.8 Å². The summed E-state index contributed by atoms with van der Waals surface area (Å²) >= 11 is 0. The monoisotopic (exact) mass is 213 g/mol. The largest absolute Gasteiger partial charge is 0.192 e. The Bertz CT molecular complexity index is 447. The van der Waals surface area contributed by atoms with Gasteiger partial charge in [0.2, 0.25) is 0 Å². The van der Waals surface area contributed by atoms with E-state index in [1.165, 1.54) is 23.1 Å². The van der Waals surface area contributed by atoms with Crippen molar-refractivity contribution in [3.05, 3.63) is 40.0 Å². The molecule has 0 atom stereocenters. The molecule has 0 aliphatic rings. The molecule has 0 N–H and O–H groups in total. The van der Waals surface area contributed by atoms with Crippen LogP contribution >= 0.6 is 0 Å². The van der Waals surface area contributed by atoms with Gasteiger partial charge in [-0.15, -0.1) is 0 Å². The molecule has 1 rings (SSSR count). The zero-order chi connectivity index (χ0) is 12.1. The molecule has 0 aliphatic carbocycles. The summed E-state index contributed by atoms with van der Waals surface area (Å²) in [5.41, 5.74) is 5.63. The van der Waals surface area contributed by atoms with E-state index in [0.717, 1.165) is 17.5 Å². The van der Waals surface area contributed by atoms with Gasteiger partial charge in [0, 0.05) is 0 Å². The van der Waals surface area contributed by atoms with Crippen molar-refractivity contribution in [1.29, 1.82) is 5.26 Å². The van der Waals surface area contributed by atoms with Crippen molar-refractivity contribution in [3.63, 3.8) is 0 Å². The average molecular weight is 213 g/mol. The first-order valence-corrected chi connectivity index (χ1v) is 5.77. The fourth-order valence-corrected chi connectivity index (χ4v) is 1.88. The molecule has 0 unspecified atom stereocenters. The molecule has 16 heavy (non-hydrogen) atoms. The van der Waals surface area contributed by atoms with Crippen LogP contribution in [0.5, 0.6) is 0 Å². The Hall–Kier alpha value is -1.55. The Morgan fingerprint density at radius 1 is 1.31 bits per heavy atom. The minimum Gasteiger partial charge on any atom is -0.192 e. The van der Waals surface area contributed by atoms with Crippen LogP contribution < -0.4 is 0 Å². The van der Waals surface area contributed by atoms with E-state index in [9.17, 15) is 0 Å². The van der Waals surface area contributed by atoms with Crippen molar-refractivity contribution in [1.82, 2.24) is 0 Å². The fourth-order valence-electron chi connectivity index (χ4n) is 1.88. The standard InChI is InChI=1S/C15H19N/c1-5-6-11(2)7-14-9-15(10-16)13(4)8-12(14)3/h7-9H,5-6H2,1-4H3/b11-7-. The second kappa shape index (κ2) is 5.51. The lowest BCUT2D eigenvalue weighted by molar-refractivity contribution is 0.911. The van der Waals surface area contributed by atoms with E-state index < -0.39 is 0 Å². The van der Waals surface area contributed by atoms with Gasteiger partial charge in [-0.1, -0.05) is 31.1 Å². The summed E-state index contributed by atoms with van der Waals surface area (Å²) in [5.74, 6) is 0. The van der Waals surface area contributed by atoms with Gasteiger partial charge in [-0.2, -0.15) is 5.26 Å². The molecule has 0 fully saturated rings. The van der Waals surface area contributed by atoms with Crippen LogP contribution in [0, 0.1) is 25.2 Å². The van der Waals surface area contributed by atoms with Crippen LogP contribution in [0.3, 0.4) is 0 Å². The SMILES string of the molecule is CCC/C(C)=C\c1cc(C#N)c(C)cc1C. The Morgan fingerprint density at radius 2 is 2.00 bits per heavy atom. The number of hydrogen-bond acceptors (Lipinski definition) is 1. The third kappa shape index (κ3) is 2.97. The fraction of sp³-hybridized carbons (Fsp3) is 0.400. The van der Waals surface area contributed by atoms with E-state index in [-0.39, 0.29) is 0 Å². The predicted octanol–water partition coefficient (Wildman–Crippen LogP) is 4.38. The molecular formula is C15H19N. The van der Waals surface area contributed by atoms with Gasteiger partial charge in [0.15, 0.2) is 0 Å². The van der Waals surface area contributed by atoms with Crippen LogP contribution in [0.1, 0.15) is 48.9 Å².